The van der Waals surface area contributed by atoms with Crippen molar-refractivity contribution in [3.63, 3.8) is 0 Å². The second-order valence-corrected chi connectivity index (χ2v) is 5.32. The number of aliphatic carboxylic acids is 1. The predicted molar refractivity (Wildman–Crippen MR) is 67.3 cm³/mol. The lowest BCUT2D eigenvalue weighted by Crippen LogP contribution is -2.55. The van der Waals surface area contributed by atoms with Crippen molar-refractivity contribution in [1.82, 2.24) is 5.32 Å². The van der Waals surface area contributed by atoms with Crippen molar-refractivity contribution >= 4 is 27.8 Å². The molecule has 1 heterocycles. The van der Waals surface area contributed by atoms with Gasteiger partial charge in [-0.15, -0.1) is 0 Å². The SMILES string of the molecule is O=C(NC1(C(=O)O)CCCCC1)c1coc(Br)c1. The molecule has 6 heteroatoms. The van der Waals surface area contributed by atoms with E-state index in [0.29, 0.717) is 23.1 Å². The van der Waals surface area contributed by atoms with E-state index in [1.54, 1.807) is 0 Å². The van der Waals surface area contributed by atoms with Crippen molar-refractivity contribution in [3.05, 3.63) is 22.6 Å². The molecular formula is C12H14BrNO4. The standard InChI is InChI=1S/C12H14BrNO4/c13-9-6-8(7-18-9)10(15)14-12(11(16)17)4-2-1-3-5-12/h6-7H,1-5H2,(H,14,15)(H,16,17). The van der Waals surface area contributed by atoms with Gasteiger partial charge >= 0.3 is 5.97 Å². The van der Waals surface area contributed by atoms with Gasteiger partial charge in [-0.1, -0.05) is 19.3 Å². The van der Waals surface area contributed by atoms with Gasteiger partial charge in [-0.25, -0.2) is 4.79 Å². The van der Waals surface area contributed by atoms with Crippen molar-refractivity contribution in [2.45, 2.75) is 37.6 Å². The molecule has 0 aliphatic heterocycles. The zero-order valence-electron chi connectivity index (χ0n) is 9.74. The molecule has 0 bridgehead atoms. The maximum absolute atomic E-state index is 12.0. The summed E-state index contributed by atoms with van der Waals surface area (Å²) in [7, 11) is 0. The first-order valence-corrected chi connectivity index (χ1v) is 6.63. The molecule has 0 saturated heterocycles. The van der Waals surface area contributed by atoms with Crippen LogP contribution in [0.5, 0.6) is 0 Å². The number of amides is 1. The van der Waals surface area contributed by atoms with Gasteiger partial charge in [0, 0.05) is 6.07 Å². The first-order valence-electron chi connectivity index (χ1n) is 5.83. The molecular weight excluding hydrogens is 302 g/mol. The second-order valence-electron chi connectivity index (χ2n) is 4.54. The van der Waals surface area contributed by atoms with Crippen LogP contribution >= 0.6 is 15.9 Å². The van der Waals surface area contributed by atoms with Crippen molar-refractivity contribution in [3.8, 4) is 0 Å². The Morgan fingerprint density at radius 2 is 2.00 bits per heavy atom. The molecule has 1 aromatic rings. The third-order valence-corrected chi connectivity index (χ3v) is 3.71. The molecule has 0 aromatic carbocycles. The lowest BCUT2D eigenvalue weighted by atomic mass is 9.81. The third kappa shape index (κ3) is 2.58. The quantitative estimate of drug-likeness (QED) is 0.898. The Labute approximate surface area is 113 Å². The Morgan fingerprint density at radius 3 is 2.50 bits per heavy atom. The van der Waals surface area contributed by atoms with Gasteiger partial charge in [-0.05, 0) is 28.8 Å². The van der Waals surface area contributed by atoms with E-state index in [0.717, 1.165) is 19.3 Å². The molecule has 1 fully saturated rings. The summed E-state index contributed by atoms with van der Waals surface area (Å²) in [5.41, 5.74) is -0.799. The van der Waals surface area contributed by atoms with Gasteiger partial charge < -0.3 is 14.8 Å². The highest BCUT2D eigenvalue weighted by Gasteiger charge is 2.41. The first-order chi connectivity index (χ1) is 8.53. The average molecular weight is 316 g/mol. The molecule has 0 radical (unpaired) electrons. The fourth-order valence-electron chi connectivity index (χ4n) is 2.27. The Balaban J connectivity index is 2.14. The molecule has 0 spiro atoms. The Bertz CT molecular complexity index is 462. The smallest absolute Gasteiger partial charge is 0.329 e. The van der Waals surface area contributed by atoms with Gasteiger partial charge in [0.2, 0.25) is 0 Å². The largest absolute Gasteiger partial charge is 0.480 e. The molecule has 1 amide bonds. The molecule has 2 rings (SSSR count). The second kappa shape index (κ2) is 5.14. The molecule has 18 heavy (non-hydrogen) atoms. The van der Waals surface area contributed by atoms with Crippen LogP contribution in [0, 0.1) is 0 Å². The average Bonchev–Trinajstić information content (AvgIpc) is 2.77. The molecule has 98 valence electrons. The summed E-state index contributed by atoms with van der Waals surface area (Å²) in [4.78, 5) is 23.4. The summed E-state index contributed by atoms with van der Waals surface area (Å²) in [6, 6.07) is 1.52. The van der Waals surface area contributed by atoms with Crippen LogP contribution < -0.4 is 5.32 Å². The number of carboxylic acids is 1. The maximum atomic E-state index is 12.0. The summed E-state index contributed by atoms with van der Waals surface area (Å²) >= 11 is 3.11. The van der Waals surface area contributed by atoms with E-state index >= 15 is 0 Å². The fourth-order valence-corrected chi connectivity index (χ4v) is 2.61. The summed E-state index contributed by atoms with van der Waals surface area (Å²) in [5.74, 6) is -1.37. The van der Waals surface area contributed by atoms with Gasteiger partial charge in [-0.3, -0.25) is 4.79 Å². The molecule has 1 aliphatic carbocycles. The van der Waals surface area contributed by atoms with E-state index in [1.807, 2.05) is 0 Å². The Morgan fingerprint density at radius 1 is 1.33 bits per heavy atom. The minimum atomic E-state index is -1.13. The molecule has 5 nitrogen and oxygen atoms in total. The van der Waals surface area contributed by atoms with Crippen LogP contribution in [0.1, 0.15) is 42.5 Å². The van der Waals surface area contributed by atoms with E-state index < -0.39 is 17.4 Å². The molecule has 0 atom stereocenters. The van der Waals surface area contributed by atoms with Crippen LogP contribution in [0.4, 0.5) is 0 Å². The summed E-state index contributed by atoms with van der Waals surface area (Å²) < 4.78 is 5.42. The predicted octanol–water partition coefficient (Wildman–Crippen LogP) is 2.56. The number of halogens is 1. The van der Waals surface area contributed by atoms with Crippen LogP contribution in [0.25, 0.3) is 0 Å². The lowest BCUT2D eigenvalue weighted by molar-refractivity contribution is -0.145. The highest BCUT2D eigenvalue weighted by Crippen LogP contribution is 2.29. The zero-order valence-corrected chi connectivity index (χ0v) is 11.3. The van der Waals surface area contributed by atoms with Crippen molar-refractivity contribution in [1.29, 1.82) is 0 Å². The zero-order chi connectivity index (χ0) is 13.2. The highest BCUT2D eigenvalue weighted by atomic mass is 79.9. The number of hydrogen-bond acceptors (Lipinski definition) is 3. The van der Waals surface area contributed by atoms with E-state index in [2.05, 4.69) is 21.2 Å². The highest BCUT2D eigenvalue weighted by molar-refractivity contribution is 9.10. The minimum Gasteiger partial charge on any atom is -0.480 e. The van der Waals surface area contributed by atoms with Gasteiger partial charge in [-0.2, -0.15) is 0 Å². The third-order valence-electron chi connectivity index (χ3n) is 3.30. The van der Waals surface area contributed by atoms with Gasteiger partial charge in [0.05, 0.1) is 5.56 Å². The number of rotatable bonds is 3. The van der Waals surface area contributed by atoms with Crippen LogP contribution in [0.3, 0.4) is 0 Å². The summed E-state index contributed by atoms with van der Waals surface area (Å²) in [6.45, 7) is 0. The van der Waals surface area contributed by atoms with Crippen LogP contribution in [0.2, 0.25) is 0 Å². The molecule has 1 aliphatic rings. The molecule has 2 N–H and O–H groups in total. The number of carboxylic acid groups (broad SMARTS) is 1. The van der Waals surface area contributed by atoms with E-state index in [-0.39, 0.29) is 0 Å². The molecule has 1 saturated carbocycles. The number of carbonyl (C=O) groups excluding carboxylic acids is 1. The number of hydrogen-bond donors (Lipinski definition) is 2. The monoisotopic (exact) mass is 315 g/mol. The van der Waals surface area contributed by atoms with Crippen LogP contribution in [-0.2, 0) is 4.79 Å². The van der Waals surface area contributed by atoms with Crippen molar-refractivity contribution < 1.29 is 19.1 Å². The lowest BCUT2D eigenvalue weighted by Gasteiger charge is -2.33. The van der Waals surface area contributed by atoms with Crippen molar-refractivity contribution in [2.24, 2.45) is 0 Å². The first kappa shape index (κ1) is 13.1. The Kier molecular flexibility index (Phi) is 3.75. The number of nitrogens with one attached hydrogen (secondary N) is 1. The van der Waals surface area contributed by atoms with E-state index in [1.165, 1.54) is 12.3 Å². The number of furan rings is 1. The van der Waals surface area contributed by atoms with Crippen LogP contribution in [0.15, 0.2) is 21.4 Å². The summed E-state index contributed by atoms with van der Waals surface area (Å²) in [6.07, 6.45) is 4.92. The van der Waals surface area contributed by atoms with Crippen molar-refractivity contribution in [2.75, 3.05) is 0 Å². The van der Waals surface area contributed by atoms with Gasteiger partial charge in [0.25, 0.3) is 5.91 Å². The van der Waals surface area contributed by atoms with Crippen LogP contribution in [-0.4, -0.2) is 22.5 Å². The van der Waals surface area contributed by atoms with E-state index in [9.17, 15) is 14.7 Å². The van der Waals surface area contributed by atoms with E-state index in [4.69, 9.17) is 4.42 Å². The van der Waals surface area contributed by atoms with Gasteiger partial charge in [0.15, 0.2) is 4.67 Å². The minimum absolute atomic E-state index is 0.327. The molecule has 0 unspecified atom stereocenters. The number of carbonyl (C=O) groups is 2. The fraction of sp³-hybridized carbons (Fsp3) is 0.500. The summed E-state index contributed by atoms with van der Waals surface area (Å²) in [5, 5.41) is 12.0. The Hall–Kier alpha value is -1.30. The maximum Gasteiger partial charge on any atom is 0.329 e. The van der Waals surface area contributed by atoms with Gasteiger partial charge in [0.1, 0.15) is 11.8 Å². The molecule has 1 aromatic heterocycles. The normalized spacial score (nSPS) is 18.3. The topological polar surface area (TPSA) is 79.5 Å².